The Morgan fingerprint density at radius 1 is 1.28 bits per heavy atom. The molecular formula is C17H17N5O3. The fraction of sp³-hybridized carbons (Fsp3) is 0.176. The number of carbonyl (C=O) groups is 2. The van der Waals surface area contributed by atoms with Gasteiger partial charge < -0.3 is 15.8 Å². The van der Waals surface area contributed by atoms with E-state index in [0.29, 0.717) is 28.3 Å². The van der Waals surface area contributed by atoms with Crippen molar-refractivity contribution in [3.05, 3.63) is 54.0 Å². The van der Waals surface area contributed by atoms with Gasteiger partial charge in [0.05, 0.1) is 18.7 Å². The van der Waals surface area contributed by atoms with Gasteiger partial charge in [-0.05, 0) is 37.3 Å². The number of hydrogen-bond acceptors (Lipinski definition) is 5. The number of hydrogen-bond donors (Lipinski definition) is 2. The van der Waals surface area contributed by atoms with E-state index in [4.69, 9.17) is 10.5 Å². The lowest BCUT2D eigenvalue weighted by atomic mass is 10.2. The van der Waals surface area contributed by atoms with E-state index >= 15 is 0 Å². The number of nitrogens with zero attached hydrogens (tertiary/aromatic N) is 3. The van der Waals surface area contributed by atoms with Crippen molar-refractivity contribution in [3.63, 3.8) is 0 Å². The van der Waals surface area contributed by atoms with E-state index in [-0.39, 0.29) is 18.9 Å². The normalized spacial score (nSPS) is 10.6. The number of fused-ring (bicyclic) bond motifs is 1. The van der Waals surface area contributed by atoms with Crippen molar-refractivity contribution < 1.29 is 14.3 Å². The van der Waals surface area contributed by atoms with E-state index in [1.165, 1.54) is 0 Å². The van der Waals surface area contributed by atoms with Gasteiger partial charge in [0.15, 0.2) is 5.65 Å². The minimum absolute atomic E-state index is 0.152. The number of aromatic nitrogens is 3. The minimum atomic E-state index is -0.415. The molecule has 0 aliphatic rings. The average Bonchev–Trinajstić information content (AvgIpc) is 2.92. The quantitative estimate of drug-likeness (QED) is 0.707. The molecule has 0 bridgehead atoms. The summed E-state index contributed by atoms with van der Waals surface area (Å²) < 4.78 is 6.96. The largest absolute Gasteiger partial charge is 0.493 e. The number of carbonyl (C=O) groups excluding carboxylic acids is 2. The number of anilines is 1. The minimum Gasteiger partial charge on any atom is -0.493 e. The van der Waals surface area contributed by atoms with Crippen molar-refractivity contribution >= 4 is 23.1 Å². The molecule has 25 heavy (non-hydrogen) atoms. The van der Waals surface area contributed by atoms with Gasteiger partial charge in [-0.15, -0.1) is 0 Å². The average molecular weight is 339 g/mol. The summed E-state index contributed by atoms with van der Waals surface area (Å²) in [5.74, 6) is -0.108. The molecule has 0 fully saturated rings. The second-order valence-corrected chi connectivity index (χ2v) is 5.39. The van der Waals surface area contributed by atoms with E-state index in [2.05, 4.69) is 15.4 Å². The van der Waals surface area contributed by atoms with Crippen LogP contribution in [0.3, 0.4) is 0 Å². The summed E-state index contributed by atoms with van der Waals surface area (Å²) in [5.41, 5.74) is 7.20. The topological polar surface area (TPSA) is 112 Å². The molecule has 0 spiro atoms. The van der Waals surface area contributed by atoms with Crippen LogP contribution in [0.1, 0.15) is 22.5 Å². The van der Waals surface area contributed by atoms with Crippen LogP contribution >= 0.6 is 0 Å². The predicted octanol–water partition coefficient (Wildman–Crippen LogP) is 1.54. The van der Waals surface area contributed by atoms with Crippen molar-refractivity contribution in [1.82, 2.24) is 14.6 Å². The number of amides is 2. The molecule has 3 N–H and O–H groups in total. The third-order valence-corrected chi connectivity index (χ3v) is 3.53. The van der Waals surface area contributed by atoms with Crippen LogP contribution in [0.4, 0.5) is 5.69 Å². The monoisotopic (exact) mass is 339 g/mol. The van der Waals surface area contributed by atoms with Gasteiger partial charge in [0.1, 0.15) is 11.3 Å². The van der Waals surface area contributed by atoms with Gasteiger partial charge in [0.25, 0.3) is 5.91 Å². The molecule has 1 aromatic carbocycles. The van der Waals surface area contributed by atoms with Crippen molar-refractivity contribution in [2.24, 2.45) is 5.73 Å². The maximum Gasteiger partial charge on any atom is 0.261 e. The molecular weight excluding hydrogens is 322 g/mol. The molecule has 2 aromatic heterocycles. The predicted molar refractivity (Wildman–Crippen MR) is 91.4 cm³/mol. The molecule has 0 saturated heterocycles. The number of nitrogens with two attached hydrogens (primary N) is 1. The Labute approximate surface area is 143 Å². The van der Waals surface area contributed by atoms with E-state index in [1.54, 1.807) is 54.2 Å². The molecule has 0 radical (unpaired) electrons. The van der Waals surface area contributed by atoms with Crippen molar-refractivity contribution in [1.29, 1.82) is 0 Å². The lowest BCUT2D eigenvalue weighted by molar-refractivity contribution is -0.118. The Bertz CT molecular complexity index is 918. The molecule has 0 aliphatic carbocycles. The summed E-state index contributed by atoms with van der Waals surface area (Å²) in [6.45, 7) is 1.98. The fourth-order valence-electron chi connectivity index (χ4n) is 2.36. The number of benzene rings is 1. The number of rotatable bonds is 6. The number of aryl methyl sites for hydroxylation is 1. The maximum atomic E-state index is 12.6. The SMILES string of the molecule is Cc1nn2cccnc2c1C(=O)Nc1ccc(OCCC(N)=O)cc1. The molecule has 0 saturated carbocycles. The third kappa shape index (κ3) is 3.74. The zero-order valence-electron chi connectivity index (χ0n) is 13.6. The Hall–Kier alpha value is -3.42. The van der Waals surface area contributed by atoms with E-state index < -0.39 is 5.91 Å². The van der Waals surface area contributed by atoms with Crippen molar-refractivity contribution in [3.8, 4) is 5.75 Å². The van der Waals surface area contributed by atoms with Gasteiger partial charge in [0, 0.05) is 18.1 Å². The van der Waals surface area contributed by atoms with Crippen molar-refractivity contribution in [2.75, 3.05) is 11.9 Å². The molecule has 2 amide bonds. The summed E-state index contributed by atoms with van der Waals surface area (Å²) in [7, 11) is 0. The van der Waals surface area contributed by atoms with Gasteiger partial charge in [-0.3, -0.25) is 9.59 Å². The van der Waals surface area contributed by atoms with Crippen LogP contribution in [-0.2, 0) is 4.79 Å². The molecule has 0 atom stereocenters. The van der Waals surface area contributed by atoms with Crippen LogP contribution in [0, 0.1) is 6.92 Å². The van der Waals surface area contributed by atoms with Gasteiger partial charge in [-0.2, -0.15) is 5.10 Å². The van der Waals surface area contributed by atoms with E-state index in [1.807, 2.05) is 0 Å². The third-order valence-electron chi connectivity index (χ3n) is 3.53. The highest BCUT2D eigenvalue weighted by molar-refractivity contribution is 6.09. The second-order valence-electron chi connectivity index (χ2n) is 5.39. The first-order valence-electron chi connectivity index (χ1n) is 7.67. The Morgan fingerprint density at radius 2 is 2.04 bits per heavy atom. The summed E-state index contributed by atoms with van der Waals surface area (Å²) in [6.07, 6.45) is 3.51. The van der Waals surface area contributed by atoms with Crippen LogP contribution in [0.5, 0.6) is 5.75 Å². The van der Waals surface area contributed by atoms with Crippen LogP contribution in [-0.4, -0.2) is 33.0 Å². The Balaban J connectivity index is 1.70. The maximum absolute atomic E-state index is 12.6. The Kier molecular flexibility index (Phi) is 4.60. The molecule has 3 aromatic rings. The smallest absolute Gasteiger partial charge is 0.261 e. The molecule has 0 aliphatic heterocycles. The molecule has 3 rings (SSSR count). The summed E-state index contributed by atoms with van der Waals surface area (Å²) in [5, 5.41) is 7.09. The van der Waals surface area contributed by atoms with Crippen LogP contribution in [0.2, 0.25) is 0 Å². The first kappa shape index (κ1) is 16.4. The number of nitrogens with one attached hydrogen (secondary N) is 1. The highest BCUT2D eigenvalue weighted by atomic mass is 16.5. The van der Waals surface area contributed by atoms with Gasteiger partial charge in [-0.1, -0.05) is 0 Å². The molecule has 8 heteroatoms. The zero-order valence-corrected chi connectivity index (χ0v) is 13.6. The zero-order chi connectivity index (χ0) is 17.8. The highest BCUT2D eigenvalue weighted by Gasteiger charge is 2.18. The summed E-state index contributed by atoms with van der Waals surface area (Å²) in [4.78, 5) is 27.4. The second kappa shape index (κ2) is 7.00. The van der Waals surface area contributed by atoms with Crippen LogP contribution < -0.4 is 15.8 Å². The van der Waals surface area contributed by atoms with Crippen LogP contribution in [0.25, 0.3) is 5.65 Å². The molecule has 2 heterocycles. The molecule has 128 valence electrons. The van der Waals surface area contributed by atoms with Gasteiger partial charge >= 0.3 is 0 Å². The summed E-state index contributed by atoms with van der Waals surface area (Å²) >= 11 is 0. The van der Waals surface area contributed by atoms with E-state index in [0.717, 1.165) is 0 Å². The lowest BCUT2D eigenvalue weighted by Gasteiger charge is -2.07. The van der Waals surface area contributed by atoms with Gasteiger partial charge in [0.2, 0.25) is 5.91 Å². The Morgan fingerprint density at radius 3 is 2.76 bits per heavy atom. The number of primary amides is 1. The first-order chi connectivity index (χ1) is 12.0. The molecule has 8 nitrogen and oxygen atoms in total. The summed E-state index contributed by atoms with van der Waals surface area (Å²) in [6, 6.07) is 8.59. The van der Waals surface area contributed by atoms with E-state index in [9.17, 15) is 9.59 Å². The highest BCUT2D eigenvalue weighted by Crippen LogP contribution is 2.19. The fourth-order valence-corrected chi connectivity index (χ4v) is 2.36. The van der Waals surface area contributed by atoms with Gasteiger partial charge in [-0.25, -0.2) is 9.50 Å². The first-order valence-corrected chi connectivity index (χ1v) is 7.67. The van der Waals surface area contributed by atoms with Crippen LogP contribution in [0.15, 0.2) is 42.7 Å². The lowest BCUT2D eigenvalue weighted by Crippen LogP contribution is -2.14. The molecule has 0 unspecified atom stereocenters. The van der Waals surface area contributed by atoms with Crippen molar-refractivity contribution in [2.45, 2.75) is 13.3 Å². The standard InChI is InChI=1S/C17H17N5O3/c1-11-15(16-19-8-2-9-22(16)21-11)17(24)20-12-3-5-13(6-4-12)25-10-7-14(18)23/h2-6,8-9H,7,10H2,1H3,(H2,18,23)(H,20,24). The number of ether oxygens (including phenoxy) is 1.